The zero-order chi connectivity index (χ0) is 13.4. The van der Waals surface area contributed by atoms with E-state index in [4.69, 9.17) is 5.73 Å². The van der Waals surface area contributed by atoms with E-state index in [0.717, 1.165) is 22.6 Å². The summed E-state index contributed by atoms with van der Waals surface area (Å²) in [4.78, 5) is 4.36. The molecule has 19 heavy (non-hydrogen) atoms. The van der Waals surface area contributed by atoms with Gasteiger partial charge in [0.15, 0.2) is 5.82 Å². The molecule has 0 radical (unpaired) electrons. The Balaban J connectivity index is 2.28. The van der Waals surface area contributed by atoms with Gasteiger partial charge in [-0.3, -0.25) is 4.68 Å². The number of nitrogens with two attached hydrogens (primary N) is 1. The van der Waals surface area contributed by atoms with Crippen molar-refractivity contribution in [1.29, 1.82) is 0 Å². The lowest BCUT2D eigenvalue weighted by atomic mass is 10.1. The Hall–Kier alpha value is -2.56. The zero-order valence-electron chi connectivity index (χ0n) is 10.9. The topological polar surface area (TPSA) is 61.7 Å². The molecule has 0 aliphatic rings. The molecular weight excluding hydrogens is 238 g/mol. The molecule has 0 saturated heterocycles. The maximum Gasteiger partial charge on any atom is 0.161 e. The molecule has 3 aromatic rings. The van der Waals surface area contributed by atoms with Crippen LogP contribution in [0, 0.1) is 0 Å². The second-order valence-corrected chi connectivity index (χ2v) is 4.46. The molecule has 0 spiro atoms. The molecule has 96 valence electrons. The fourth-order valence-corrected chi connectivity index (χ4v) is 2.18. The van der Waals surface area contributed by atoms with E-state index in [1.165, 1.54) is 0 Å². The number of hydrogen-bond donors (Lipinski definition) is 1. The largest absolute Gasteiger partial charge is 0.383 e. The average Bonchev–Trinajstić information content (AvgIpc) is 2.96. The lowest BCUT2D eigenvalue weighted by molar-refractivity contribution is 0.776. The lowest BCUT2D eigenvalue weighted by Crippen LogP contribution is -1.98. The molecule has 0 bridgehead atoms. The van der Waals surface area contributed by atoms with E-state index in [0.29, 0.717) is 5.82 Å². The molecule has 0 aliphatic carbocycles. The SMILES string of the molecule is Cn1ccnc1-c1nn(C)c(N)c1-c1ccccc1. The van der Waals surface area contributed by atoms with Gasteiger partial charge in [-0.2, -0.15) is 5.10 Å². The first kappa shape index (κ1) is 11.5. The van der Waals surface area contributed by atoms with Crippen molar-refractivity contribution in [2.75, 3.05) is 5.73 Å². The Morgan fingerprint density at radius 2 is 1.84 bits per heavy atom. The van der Waals surface area contributed by atoms with Crippen LogP contribution in [0.15, 0.2) is 42.7 Å². The van der Waals surface area contributed by atoms with Crippen molar-refractivity contribution in [2.24, 2.45) is 14.1 Å². The maximum atomic E-state index is 6.16. The third-order valence-electron chi connectivity index (χ3n) is 3.19. The highest BCUT2D eigenvalue weighted by Gasteiger charge is 2.19. The van der Waals surface area contributed by atoms with E-state index < -0.39 is 0 Å². The van der Waals surface area contributed by atoms with Crippen LogP contribution in [0.2, 0.25) is 0 Å². The van der Waals surface area contributed by atoms with Gasteiger partial charge >= 0.3 is 0 Å². The molecule has 1 aromatic carbocycles. The van der Waals surface area contributed by atoms with Gasteiger partial charge in [0.1, 0.15) is 11.5 Å². The summed E-state index contributed by atoms with van der Waals surface area (Å²) in [6.45, 7) is 0. The van der Waals surface area contributed by atoms with E-state index in [1.807, 2.05) is 55.2 Å². The molecule has 3 rings (SSSR count). The molecule has 5 nitrogen and oxygen atoms in total. The fraction of sp³-hybridized carbons (Fsp3) is 0.143. The summed E-state index contributed by atoms with van der Waals surface area (Å²) >= 11 is 0. The average molecular weight is 253 g/mol. The van der Waals surface area contributed by atoms with Crippen molar-refractivity contribution in [1.82, 2.24) is 19.3 Å². The van der Waals surface area contributed by atoms with Crippen LogP contribution in [-0.2, 0) is 14.1 Å². The van der Waals surface area contributed by atoms with Gasteiger partial charge in [0.25, 0.3) is 0 Å². The number of nitrogens with zero attached hydrogens (tertiary/aromatic N) is 4. The van der Waals surface area contributed by atoms with Crippen molar-refractivity contribution in [3.8, 4) is 22.6 Å². The Morgan fingerprint density at radius 3 is 2.47 bits per heavy atom. The number of anilines is 1. The molecule has 0 aliphatic heterocycles. The molecule has 2 heterocycles. The van der Waals surface area contributed by atoms with Gasteiger partial charge in [-0.25, -0.2) is 4.98 Å². The predicted octanol–water partition coefficient (Wildman–Crippen LogP) is 2.07. The molecule has 2 N–H and O–H groups in total. The summed E-state index contributed by atoms with van der Waals surface area (Å²) in [5, 5.41) is 4.50. The molecule has 0 atom stereocenters. The summed E-state index contributed by atoms with van der Waals surface area (Å²) in [7, 11) is 3.79. The smallest absolute Gasteiger partial charge is 0.161 e. The van der Waals surface area contributed by atoms with Gasteiger partial charge in [0.05, 0.1) is 5.56 Å². The van der Waals surface area contributed by atoms with Crippen LogP contribution in [0.25, 0.3) is 22.6 Å². The standard InChI is InChI=1S/C14H15N5/c1-18-9-8-16-14(18)12-11(13(15)19(2)17-12)10-6-4-3-5-7-10/h3-9H,15H2,1-2H3. The molecule has 2 aromatic heterocycles. The predicted molar refractivity (Wildman–Crippen MR) is 75.3 cm³/mol. The van der Waals surface area contributed by atoms with E-state index in [9.17, 15) is 0 Å². The summed E-state index contributed by atoms with van der Waals surface area (Å²) in [6, 6.07) is 10.0. The number of hydrogen-bond acceptors (Lipinski definition) is 3. The molecule has 0 fully saturated rings. The first-order valence-corrected chi connectivity index (χ1v) is 6.04. The first-order valence-electron chi connectivity index (χ1n) is 6.04. The van der Waals surface area contributed by atoms with E-state index in [2.05, 4.69) is 10.1 Å². The van der Waals surface area contributed by atoms with Crippen LogP contribution >= 0.6 is 0 Å². The molecular formula is C14H15N5. The van der Waals surface area contributed by atoms with Gasteiger partial charge < -0.3 is 10.3 Å². The normalized spacial score (nSPS) is 10.8. The zero-order valence-corrected chi connectivity index (χ0v) is 10.9. The van der Waals surface area contributed by atoms with Gasteiger partial charge in [-0.15, -0.1) is 0 Å². The third kappa shape index (κ3) is 1.79. The van der Waals surface area contributed by atoms with E-state index in [-0.39, 0.29) is 0 Å². The Labute approximate surface area is 111 Å². The van der Waals surface area contributed by atoms with Crippen LogP contribution in [0.3, 0.4) is 0 Å². The van der Waals surface area contributed by atoms with Gasteiger partial charge in [-0.05, 0) is 5.56 Å². The minimum Gasteiger partial charge on any atom is -0.383 e. The highest BCUT2D eigenvalue weighted by Crippen LogP contribution is 2.34. The van der Waals surface area contributed by atoms with Crippen LogP contribution in [-0.4, -0.2) is 19.3 Å². The molecule has 0 unspecified atom stereocenters. The number of rotatable bonds is 2. The number of benzene rings is 1. The monoisotopic (exact) mass is 253 g/mol. The fourth-order valence-electron chi connectivity index (χ4n) is 2.18. The number of imidazole rings is 1. The minimum atomic E-state index is 0.643. The molecule has 5 heteroatoms. The summed E-state index contributed by atoms with van der Waals surface area (Å²) < 4.78 is 3.63. The Bertz CT molecular complexity index is 709. The van der Waals surface area contributed by atoms with E-state index >= 15 is 0 Å². The van der Waals surface area contributed by atoms with Crippen molar-refractivity contribution in [3.05, 3.63) is 42.7 Å². The summed E-state index contributed by atoms with van der Waals surface area (Å²) in [5.74, 6) is 1.45. The second-order valence-electron chi connectivity index (χ2n) is 4.46. The van der Waals surface area contributed by atoms with Gasteiger partial charge in [-0.1, -0.05) is 30.3 Å². The van der Waals surface area contributed by atoms with Gasteiger partial charge in [0.2, 0.25) is 0 Å². The van der Waals surface area contributed by atoms with Crippen molar-refractivity contribution in [3.63, 3.8) is 0 Å². The second kappa shape index (κ2) is 4.28. The minimum absolute atomic E-state index is 0.643. The molecule has 0 saturated carbocycles. The van der Waals surface area contributed by atoms with Crippen molar-refractivity contribution < 1.29 is 0 Å². The van der Waals surface area contributed by atoms with Crippen molar-refractivity contribution >= 4 is 5.82 Å². The lowest BCUT2D eigenvalue weighted by Gasteiger charge is -2.04. The summed E-state index contributed by atoms with van der Waals surface area (Å²) in [5.41, 5.74) is 8.93. The quantitative estimate of drug-likeness (QED) is 0.760. The maximum absolute atomic E-state index is 6.16. The van der Waals surface area contributed by atoms with Crippen LogP contribution in [0.5, 0.6) is 0 Å². The van der Waals surface area contributed by atoms with Gasteiger partial charge in [0, 0.05) is 26.5 Å². The first-order chi connectivity index (χ1) is 9.18. The Kier molecular flexibility index (Phi) is 2.59. The molecule has 0 amide bonds. The van der Waals surface area contributed by atoms with E-state index in [1.54, 1.807) is 10.9 Å². The third-order valence-corrected chi connectivity index (χ3v) is 3.19. The highest BCUT2D eigenvalue weighted by atomic mass is 15.3. The van der Waals surface area contributed by atoms with Crippen LogP contribution in [0.4, 0.5) is 5.82 Å². The van der Waals surface area contributed by atoms with Crippen molar-refractivity contribution in [2.45, 2.75) is 0 Å². The number of nitrogen functional groups attached to an aromatic ring is 1. The van der Waals surface area contributed by atoms with Crippen LogP contribution in [0.1, 0.15) is 0 Å². The highest BCUT2D eigenvalue weighted by molar-refractivity contribution is 5.86. The number of aryl methyl sites for hydroxylation is 2. The van der Waals surface area contributed by atoms with Crippen LogP contribution < -0.4 is 5.73 Å². The summed E-state index contributed by atoms with van der Waals surface area (Å²) in [6.07, 6.45) is 3.66. The Morgan fingerprint density at radius 1 is 1.11 bits per heavy atom. The number of aromatic nitrogens is 4.